The van der Waals surface area contributed by atoms with E-state index in [9.17, 15) is 9.59 Å². The summed E-state index contributed by atoms with van der Waals surface area (Å²) >= 11 is 0. The Morgan fingerprint density at radius 1 is 0.960 bits per heavy atom. The highest BCUT2D eigenvalue weighted by molar-refractivity contribution is 5.77. The van der Waals surface area contributed by atoms with Crippen LogP contribution in [-0.2, 0) is 14.3 Å². The fraction of sp³-hybridized carbons (Fsp3) is 0.905. The molecule has 0 aromatic heterocycles. The first kappa shape index (κ1) is 20.3. The lowest BCUT2D eigenvalue weighted by Gasteiger charge is -2.39. The molecule has 0 bridgehead atoms. The second-order valence-corrected chi connectivity index (χ2v) is 8.01. The Bertz CT molecular complexity index is 417. The van der Waals surface area contributed by atoms with Crippen molar-refractivity contribution in [2.45, 2.75) is 96.9 Å². The van der Waals surface area contributed by atoms with Crippen LogP contribution in [0.4, 0.5) is 0 Å². The van der Waals surface area contributed by atoms with E-state index in [1.165, 1.54) is 51.4 Å². The summed E-state index contributed by atoms with van der Waals surface area (Å²) in [6.07, 6.45) is 13.3. The Morgan fingerprint density at radius 2 is 1.64 bits per heavy atom. The third kappa shape index (κ3) is 6.63. The number of ether oxygens (including phenoxy) is 1. The Morgan fingerprint density at radius 3 is 2.32 bits per heavy atom. The predicted octanol–water partition coefficient (Wildman–Crippen LogP) is 4.71. The van der Waals surface area contributed by atoms with E-state index in [2.05, 4.69) is 6.92 Å². The zero-order chi connectivity index (χ0) is 18.1. The van der Waals surface area contributed by atoms with Crippen molar-refractivity contribution in [1.82, 2.24) is 4.90 Å². The summed E-state index contributed by atoms with van der Waals surface area (Å²) in [6.45, 7) is 5.02. The van der Waals surface area contributed by atoms with Crippen LogP contribution in [0.25, 0.3) is 0 Å². The molecule has 2 unspecified atom stereocenters. The molecule has 2 aliphatic rings. The molecule has 0 N–H and O–H groups in total. The third-order valence-corrected chi connectivity index (χ3v) is 6.14. The van der Waals surface area contributed by atoms with Gasteiger partial charge in [-0.1, -0.05) is 51.9 Å². The molecule has 0 aromatic rings. The summed E-state index contributed by atoms with van der Waals surface area (Å²) < 4.78 is 5.06. The van der Waals surface area contributed by atoms with Crippen LogP contribution < -0.4 is 0 Å². The topological polar surface area (TPSA) is 46.6 Å². The van der Waals surface area contributed by atoms with Crippen molar-refractivity contribution in [2.75, 3.05) is 13.2 Å². The monoisotopic (exact) mass is 351 g/mol. The number of amides is 1. The van der Waals surface area contributed by atoms with Gasteiger partial charge in [-0.15, -0.1) is 0 Å². The number of carbonyl (C=O) groups excluding carboxylic acids is 2. The van der Waals surface area contributed by atoms with Gasteiger partial charge in [0.25, 0.3) is 0 Å². The molecule has 144 valence electrons. The van der Waals surface area contributed by atoms with E-state index in [0.717, 1.165) is 18.8 Å². The highest BCUT2D eigenvalue weighted by atomic mass is 16.5. The standard InChI is InChI=1S/C21H37NO3/c1-3-25-21(24)15-16-22(19-12-8-7-9-17(19)2)20(23)14-13-18-10-5-4-6-11-18/h17-19H,3-16H2,1-2H3. The number of hydrogen-bond donors (Lipinski definition) is 0. The molecule has 0 aromatic carbocycles. The molecular weight excluding hydrogens is 314 g/mol. The summed E-state index contributed by atoms with van der Waals surface area (Å²) in [5.41, 5.74) is 0. The summed E-state index contributed by atoms with van der Waals surface area (Å²) in [6, 6.07) is 0.307. The molecule has 25 heavy (non-hydrogen) atoms. The van der Waals surface area contributed by atoms with Gasteiger partial charge in [-0.3, -0.25) is 9.59 Å². The molecule has 0 radical (unpaired) electrons. The van der Waals surface area contributed by atoms with Crippen molar-refractivity contribution < 1.29 is 14.3 Å². The lowest BCUT2D eigenvalue weighted by Crippen LogP contribution is -2.46. The van der Waals surface area contributed by atoms with E-state index in [0.29, 0.717) is 38.0 Å². The fourth-order valence-corrected chi connectivity index (χ4v) is 4.63. The number of esters is 1. The summed E-state index contributed by atoms with van der Waals surface area (Å²) in [5, 5.41) is 0. The maximum Gasteiger partial charge on any atom is 0.307 e. The Hall–Kier alpha value is -1.06. The molecule has 4 heteroatoms. The molecule has 0 spiro atoms. The van der Waals surface area contributed by atoms with Crippen LogP contribution in [0.5, 0.6) is 0 Å². The summed E-state index contributed by atoms with van der Waals surface area (Å²) in [4.78, 5) is 26.8. The second-order valence-electron chi connectivity index (χ2n) is 8.01. The minimum atomic E-state index is -0.184. The van der Waals surface area contributed by atoms with Crippen molar-refractivity contribution in [3.05, 3.63) is 0 Å². The van der Waals surface area contributed by atoms with Crippen molar-refractivity contribution in [3.8, 4) is 0 Å². The van der Waals surface area contributed by atoms with Gasteiger partial charge in [0.05, 0.1) is 13.0 Å². The molecule has 4 nitrogen and oxygen atoms in total. The van der Waals surface area contributed by atoms with Gasteiger partial charge in [0.1, 0.15) is 0 Å². The van der Waals surface area contributed by atoms with Gasteiger partial charge < -0.3 is 9.64 Å². The van der Waals surface area contributed by atoms with Gasteiger partial charge >= 0.3 is 5.97 Å². The minimum absolute atomic E-state index is 0.184. The van der Waals surface area contributed by atoms with Crippen molar-refractivity contribution in [3.63, 3.8) is 0 Å². The predicted molar refractivity (Wildman–Crippen MR) is 100 cm³/mol. The molecule has 0 saturated heterocycles. The molecule has 2 aliphatic carbocycles. The molecule has 1 amide bonds. The Labute approximate surface area is 153 Å². The highest BCUT2D eigenvalue weighted by Crippen LogP contribution is 2.31. The normalized spacial score (nSPS) is 24.7. The number of rotatable bonds is 8. The first-order valence-corrected chi connectivity index (χ1v) is 10.6. The average Bonchev–Trinajstić information content (AvgIpc) is 2.62. The van der Waals surface area contributed by atoms with Gasteiger partial charge in [-0.05, 0) is 38.0 Å². The van der Waals surface area contributed by atoms with Crippen molar-refractivity contribution >= 4 is 11.9 Å². The Balaban J connectivity index is 1.91. The quantitative estimate of drug-likeness (QED) is 0.595. The summed E-state index contributed by atoms with van der Waals surface area (Å²) in [7, 11) is 0. The zero-order valence-corrected chi connectivity index (χ0v) is 16.3. The second kappa shape index (κ2) is 10.8. The number of hydrogen-bond acceptors (Lipinski definition) is 3. The Kier molecular flexibility index (Phi) is 8.77. The lowest BCUT2D eigenvalue weighted by atomic mass is 9.83. The largest absolute Gasteiger partial charge is 0.466 e. The van der Waals surface area contributed by atoms with Gasteiger partial charge in [0.15, 0.2) is 0 Å². The van der Waals surface area contributed by atoms with E-state index in [-0.39, 0.29) is 11.9 Å². The van der Waals surface area contributed by atoms with E-state index in [1.54, 1.807) is 0 Å². The zero-order valence-electron chi connectivity index (χ0n) is 16.3. The van der Waals surface area contributed by atoms with Gasteiger partial charge in [0.2, 0.25) is 5.91 Å². The van der Waals surface area contributed by atoms with Crippen LogP contribution in [0.3, 0.4) is 0 Å². The number of nitrogens with zero attached hydrogens (tertiary/aromatic N) is 1. The highest BCUT2D eigenvalue weighted by Gasteiger charge is 2.31. The summed E-state index contributed by atoms with van der Waals surface area (Å²) in [5.74, 6) is 1.34. The van der Waals surface area contributed by atoms with Crippen LogP contribution in [-0.4, -0.2) is 36.0 Å². The minimum Gasteiger partial charge on any atom is -0.466 e. The maximum absolute atomic E-state index is 13.0. The molecule has 2 atom stereocenters. The average molecular weight is 352 g/mol. The van der Waals surface area contributed by atoms with E-state index in [4.69, 9.17) is 4.74 Å². The molecule has 0 aliphatic heterocycles. The van der Waals surface area contributed by atoms with Gasteiger partial charge in [-0.25, -0.2) is 0 Å². The smallest absolute Gasteiger partial charge is 0.307 e. The third-order valence-electron chi connectivity index (χ3n) is 6.14. The number of carbonyl (C=O) groups is 2. The maximum atomic E-state index is 13.0. The molecule has 2 fully saturated rings. The van der Waals surface area contributed by atoms with E-state index >= 15 is 0 Å². The van der Waals surface area contributed by atoms with Gasteiger partial charge in [-0.2, -0.15) is 0 Å². The first-order valence-electron chi connectivity index (χ1n) is 10.6. The van der Waals surface area contributed by atoms with Crippen LogP contribution >= 0.6 is 0 Å². The lowest BCUT2D eigenvalue weighted by molar-refractivity contribution is -0.145. The molecule has 2 rings (SSSR count). The first-order chi connectivity index (χ1) is 12.1. The fourth-order valence-electron chi connectivity index (χ4n) is 4.63. The van der Waals surface area contributed by atoms with Gasteiger partial charge in [0, 0.05) is 19.0 Å². The molecular formula is C21H37NO3. The van der Waals surface area contributed by atoms with Crippen molar-refractivity contribution in [2.24, 2.45) is 11.8 Å². The van der Waals surface area contributed by atoms with Crippen molar-refractivity contribution in [1.29, 1.82) is 0 Å². The van der Waals surface area contributed by atoms with Crippen LogP contribution in [0.2, 0.25) is 0 Å². The molecule has 0 heterocycles. The van der Waals surface area contributed by atoms with Crippen LogP contribution in [0.15, 0.2) is 0 Å². The van der Waals surface area contributed by atoms with E-state index < -0.39 is 0 Å². The van der Waals surface area contributed by atoms with Crippen LogP contribution in [0, 0.1) is 11.8 Å². The SMILES string of the molecule is CCOC(=O)CCN(C(=O)CCC1CCCCC1)C1CCCCC1C. The van der Waals surface area contributed by atoms with Crippen LogP contribution in [0.1, 0.15) is 90.9 Å². The molecule has 2 saturated carbocycles. The van der Waals surface area contributed by atoms with E-state index in [1.807, 2.05) is 11.8 Å².